The van der Waals surface area contributed by atoms with E-state index in [4.69, 9.17) is 0 Å². The number of aliphatic hydroxyl groups is 2. The molecule has 1 unspecified atom stereocenters. The zero-order valence-electron chi connectivity index (χ0n) is 11.8. The first-order chi connectivity index (χ1) is 9.01. The summed E-state index contributed by atoms with van der Waals surface area (Å²) in [6.45, 7) is 3.78. The van der Waals surface area contributed by atoms with Gasteiger partial charge in [-0.1, -0.05) is 26.0 Å². The predicted octanol–water partition coefficient (Wildman–Crippen LogP) is 2.03. The minimum absolute atomic E-state index is 0.364. The number of aryl methyl sites for hydroxylation is 1. The van der Waals surface area contributed by atoms with Crippen molar-refractivity contribution in [3.8, 4) is 0 Å². The van der Waals surface area contributed by atoms with Crippen LogP contribution in [-0.2, 0) is 13.5 Å². The van der Waals surface area contributed by atoms with Crippen LogP contribution in [0, 0.1) is 0 Å². The van der Waals surface area contributed by atoms with Crippen molar-refractivity contribution in [2.45, 2.75) is 44.8 Å². The Morgan fingerprint density at radius 2 is 1.89 bits per heavy atom. The number of para-hydroxylation sites is 2. The average molecular weight is 262 g/mol. The maximum Gasteiger partial charge on any atom is 0.112 e. The van der Waals surface area contributed by atoms with Crippen LogP contribution < -0.4 is 0 Å². The summed E-state index contributed by atoms with van der Waals surface area (Å²) in [5.74, 6) is 0.800. The van der Waals surface area contributed by atoms with E-state index in [1.807, 2.05) is 49.7 Å². The third kappa shape index (κ3) is 2.51. The molecular formula is C15H22N2O2. The number of rotatable bonds is 5. The monoisotopic (exact) mass is 262 g/mol. The molecule has 0 saturated heterocycles. The van der Waals surface area contributed by atoms with Crippen molar-refractivity contribution in [1.29, 1.82) is 0 Å². The lowest BCUT2D eigenvalue weighted by molar-refractivity contribution is -0.0799. The van der Waals surface area contributed by atoms with Gasteiger partial charge in [-0.2, -0.15) is 0 Å². The van der Waals surface area contributed by atoms with Gasteiger partial charge in [0.1, 0.15) is 5.82 Å². The van der Waals surface area contributed by atoms with E-state index in [9.17, 15) is 10.2 Å². The molecule has 1 heterocycles. The first-order valence-electron chi connectivity index (χ1n) is 6.82. The molecule has 0 spiro atoms. The lowest BCUT2D eigenvalue weighted by atomic mass is 9.89. The van der Waals surface area contributed by atoms with Crippen molar-refractivity contribution in [1.82, 2.24) is 9.55 Å². The van der Waals surface area contributed by atoms with Gasteiger partial charge in [-0.3, -0.25) is 0 Å². The fourth-order valence-corrected chi connectivity index (χ4v) is 2.46. The number of aliphatic hydroxyl groups excluding tert-OH is 1. The van der Waals surface area contributed by atoms with Crippen molar-refractivity contribution in [2.75, 3.05) is 0 Å². The molecule has 0 aliphatic rings. The van der Waals surface area contributed by atoms with E-state index in [0.717, 1.165) is 16.9 Å². The highest BCUT2D eigenvalue weighted by Gasteiger charge is 2.32. The van der Waals surface area contributed by atoms with Crippen molar-refractivity contribution >= 4 is 11.0 Å². The Kier molecular flexibility index (Phi) is 3.92. The summed E-state index contributed by atoms with van der Waals surface area (Å²) in [6.07, 6.45) is 0.644. The SMILES string of the molecule is CCC(O)(CC)C(O)Cc1nc2ccccc2n1C. The van der Waals surface area contributed by atoms with Crippen LogP contribution in [0.1, 0.15) is 32.5 Å². The van der Waals surface area contributed by atoms with Gasteiger partial charge in [0.2, 0.25) is 0 Å². The zero-order valence-corrected chi connectivity index (χ0v) is 11.8. The lowest BCUT2D eigenvalue weighted by Crippen LogP contribution is -2.42. The fraction of sp³-hybridized carbons (Fsp3) is 0.533. The molecule has 4 heteroatoms. The van der Waals surface area contributed by atoms with E-state index in [-0.39, 0.29) is 0 Å². The van der Waals surface area contributed by atoms with Gasteiger partial charge in [0.05, 0.1) is 22.7 Å². The molecule has 2 aromatic rings. The second-order valence-electron chi connectivity index (χ2n) is 5.11. The van der Waals surface area contributed by atoms with E-state index in [1.165, 1.54) is 0 Å². The topological polar surface area (TPSA) is 58.3 Å². The van der Waals surface area contributed by atoms with E-state index in [2.05, 4.69) is 4.98 Å². The normalized spacial score (nSPS) is 13.9. The van der Waals surface area contributed by atoms with E-state index in [1.54, 1.807) is 0 Å². The molecule has 1 aromatic heterocycles. The van der Waals surface area contributed by atoms with Crippen molar-refractivity contribution in [2.24, 2.45) is 7.05 Å². The van der Waals surface area contributed by atoms with Crippen LogP contribution in [0.15, 0.2) is 24.3 Å². The molecule has 0 radical (unpaired) electrons. The highest BCUT2D eigenvalue weighted by atomic mass is 16.3. The molecule has 0 amide bonds. The third-order valence-electron chi connectivity index (χ3n) is 4.10. The maximum absolute atomic E-state index is 10.3. The number of hydrogen-bond acceptors (Lipinski definition) is 3. The number of hydrogen-bond donors (Lipinski definition) is 2. The quantitative estimate of drug-likeness (QED) is 0.866. The lowest BCUT2D eigenvalue weighted by Gasteiger charge is -2.30. The Hall–Kier alpha value is -1.39. The van der Waals surface area contributed by atoms with Crippen LogP contribution in [0.2, 0.25) is 0 Å². The van der Waals surface area contributed by atoms with E-state index in [0.29, 0.717) is 19.3 Å². The Labute approximate surface area is 113 Å². The molecule has 0 aliphatic heterocycles. The van der Waals surface area contributed by atoms with Gasteiger partial charge in [-0.15, -0.1) is 0 Å². The summed E-state index contributed by atoms with van der Waals surface area (Å²) in [5.41, 5.74) is 0.933. The molecule has 2 N–H and O–H groups in total. The molecule has 104 valence electrons. The molecule has 0 bridgehead atoms. The molecule has 4 nitrogen and oxygen atoms in total. The number of fused-ring (bicyclic) bond motifs is 1. The van der Waals surface area contributed by atoms with Crippen molar-refractivity contribution in [3.63, 3.8) is 0 Å². The summed E-state index contributed by atoms with van der Waals surface area (Å²) < 4.78 is 1.98. The summed E-state index contributed by atoms with van der Waals surface area (Å²) >= 11 is 0. The molecule has 1 aromatic carbocycles. The number of benzene rings is 1. The highest BCUT2D eigenvalue weighted by Crippen LogP contribution is 2.23. The van der Waals surface area contributed by atoms with Crippen molar-refractivity contribution in [3.05, 3.63) is 30.1 Å². The maximum atomic E-state index is 10.3. The van der Waals surface area contributed by atoms with Crippen LogP contribution in [0.3, 0.4) is 0 Å². The smallest absolute Gasteiger partial charge is 0.112 e. The molecule has 1 atom stereocenters. The largest absolute Gasteiger partial charge is 0.390 e. The van der Waals surface area contributed by atoms with Crippen molar-refractivity contribution < 1.29 is 10.2 Å². The summed E-state index contributed by atoms with van der Waals surface area (Å²) in [5, 5.41) is 20.6. The summed E-state index contributed by atoms with van der Waals surface area (Å²) in [7, 11) is 1.94. The molecule has 0 fully saturated rings. The van der Waals surface area contributed by atoms with Gasteiger partial charge in [-0.05, 0) is 25.0 Å². The van der Waals surface area contributed by atoms with Crippen LogP contribution in [0.4, 0.5) is 0 Å². The molecule has 19 heavy (non-hydrogen) atoms. The van der Waals surface area contributed by atoms with Gasteiger partial charge in [0.15, 0.2) is 0 Å². The Morgan fingerprint density at radius 1 is 1.26 bits per heavy atom. The molecule has 2 rings (SSSR count). The number of aromatic nitrogens is 2. The predicted molar refractivity (Wildman–Crippen MR) is 76.0 cm³/mol. The van der Waals surface area contributed by atoms with Gasteiger partial charge >= 0.3 is 0 Å². The molecule has 0 saturated carbocycles. The van der Waals surface area contributed by atoms with Gasteiger partial charge < -0.3 is 14.8 Å². The first-order valence-corrected chi connectivity index (χ1v) is 6.82. The Morgan fingerprint density at radius 3 is 2.47 bits per heavy atom. The average Bonchev–Trinajstić information content (AvgIpc) is 2.75. The third-order valence-corrected chi connectivity index (χ3v) is 4.10. The van der Waals surface area contributed by atoms with Crippen LogP contribution in [0.25, 0.3) is 11.0 Å². The highest BCUT2D eigenvalue weighted by molar-refractivity contribution is 5.75. The number of imidazole rings is 1. The Bertz CT molecular complexity index is 558. The fourth-order valence-electron chi connectivity index (χ4n) is 2.46. The van der Waals surface area contributed by atoms with E-state index >= 15 is 0 Å². The summed E-state index contributed by atoms with van der Waals surface area (Å²) in [6, 6.07) is 7.88. The standard InChI is InChI=1S/C15H22N2O2/c1-4-15(19,5-2)13(18)10-14-16-11-8-6-7-9-12(11)17(14)3/h6-9,13,18-19H,4-5,10H2,1-3H3. The van der Waals surface area contributed by atoms with Crippen LogP contribution >= 0.6 is 0 Å². The van der Waals surface area contributed by atoms with Crippen LogP contribution in [0.5, 0.6) is 0 Å². The van der Waals surface area contributed by atoms with Gasteiger partial charge in [-0.25, -0.2) is 4.98 Å². The minimum Gasteiger partial charge on any atom is -0.390 e. The van der Waals surface area contributed by atoms with E-state index < -0.39 is 11.7 Å². The second-order valence-corrected chi connectivity index (χ2v) is 5.11. The second kappa shape index (κ2) is 5.31. The van der Waals surface area contributed by atoms with Gasteiger partial charge in [0.25, 0.3) is 0 Å². The zero-order chi connectivity index (χ0) is 14.0. The Balaban J connectivity index is 2.29. The first kappa shape index (κ1) is 14.0. The molecule has 0 aliphatic carbocycles. The summed E-state index contributed by atoms with van der Waals surface area (Å²) in [4.78, 5) is 4.53. The number of nitrogens with zero attached hydrogens (tertiary/aromatic N) is 2. The van der Waals surface area contributed by atoms with Crippen LogP contribution in [-0.4, -0.2) is 31.5 Å². The van der Waals surface area contributed by atoms with Gasteiger partial charge in [0, 0.05) is 13.5 Å². The molecular weight excluding hydrogens is 240 g/mol. The minimum atomic E-state index is -1.03.